The molecule has 3 rings (SSSR count). The maximum Gasteiger partial charge on any atom is 0.315 e. The van der Waals surface area contributed by atoms with E-state index in [-0.39, 0.29) is 6.61 Å². The second-order valence-corrected chi connectivity index (χ2v) is 5.40. The average Bonchev–Trinajstić information content (AvgIpc) is 3.01. The molecule has 0 spiro atoms. The molecule has 2 fully saturated rings. The van der Waals surface area contributed by atoms with Crippen LogP contribution in [0.1, 0.15) is 5.56 Å². The van der Waals surface area contributed by atoms with Crippen LogP contribution in [0.4, 0.5) is 4.79 Å². The number of carbonyl (C=O) groups is 1. The van der Waals surface area contributed by atoms with Crippen molar-refractivity contribution >= 4 is 6.03 Å². The first-order valence-corrected chi connectivity index (χ1v) is 7.26. The zero-order valence-corrected chi connectivity index (χ0v) is 12.2. The molecule has 2 aliphatic rings. The van der Waals surface area contributed by atoms with E-state index in [1.807, 2.05) is 30.3 Å². The first-order chi connectivity index (χ1) is 11.2. The Morgan fingerprint density at radius 2 is 2.22 bits per heavy atom. The van der Waals surface area contributed by atoms with E-state index in [0.29, 0.717) is 6.54 Å². The summed E-state index contributed by atoms with van der Waals surface area (Å²) in [4.78, 5) is 14.7. The number of aliphatic hydroxyl groups is 1. The lowest BCUT2D eigenvalue weighted by Crippen LogP contribution is -2.61. The van der Waals surface area contributed by atoms with E-state index in [1.165, 1.54) is 0 Å². The molecule has 5 atom stereocenters. The summed E-state index contributed by atoms with van der Waals surface area (Å²) in [6.07, 6.45) is -2.31. The molecule has 9 heteroatoms. The van der Waals surface area contributed by atoms with Crippen molar-refractivity contribution in [3.63, 3.8) is 0 Å². The molecule has 2 amide bonds. The highest BCUT2D eigenvalue weighted by Gasteiger charge is 2.50. The van der Waals surface area contributed by atoms with Crippen molar-refractivity contribution in [2.24, 2.45) is 5.11 Å². The van der Waals surface area contributed by atoms with Gasteiger partial charge in [-0.15, -0.1) is 0 Å². The van der Waals surface area contributed by atoms with Crippen molar-refractivity contribution in [3.05, 3.63) is 46.3 Å². The maximum atomic E-state index is 12.0. The minimum Gasteiger partial charge on any atom is -0.390 e. The van der Waals surface area contributed by atoms with Gasteiger partial charge in [0.05, 0.1) is 24.9 Å². The zero-order chi connectivity index (χ0) is 16.2. The van der Waals surface area contributed by atoms with Gasteiger partial charge < -0.3 is 25.2 Å². The summed E-state index contributed by atoms with van der Waals surface area (Å²) >= 11 is 0. The second kappa shape index (κ2) is 6.84. The van der Waals surface area contributed by atoms with Crippen LogP contribution in [0.2, 0.25) is 0 Å². The van der Waals surface area contributed by atoms with Crippen LogP contribution in [-0.2, 0) is 16.0 Å². The third-order valence-electron chi connectivity index (χ3n) is 3.90. The van der Waals surface area contributed by atoms with Gasteiger partial charge in [-0.05, 0) is 11.1 Å². The fourth-order valence-electron chi connectivity index (χ4n) is 2.74. The van der Waals surface area contributed by atoms with E-state index in [2.05, 4.69) is 20.7 Å². The van der Waals surface area contributed by atoms with Gasteiger partial charge in [0.1, 0.15) is 6.04 Å². The molecule has 0 aliphatic carbocycles. The topological polar surface area (TPSA) is 129 Å². The Balaban J connectivity index is 1.59. The normalized spacial score (nSPS) is 32.0. The average molecular weight is 319 g/mol. The van der Waals surface area contributed by atoms with Gasteiger partial charge in [-0.2, -0.15) is 0 Å². The molecule has 2 bridgehead atoms. The van der Waals surface area contributed by atoms with Crippen LogP contribution in [-0.4, -0.2) is 48.3 Å². The molecule has 9 nitrogen and oxygen atoms in total. The number of nitrogens with zero attached hydrogens (tertiary/aromatic N) is 3. The van der Waals surface area contributed by atoms with Gasteiger partial charge in [0.25, 0.3) is 0 Å². The summed E-state index contributed by atoms with van der Waals surface area (Å²) in [6, 6.07) is 7.37. The number of benzene rings is 1. The quantitative estimate of drug-likeness (QED) is 0.427. The Morgan fingerprint density at radius 1 is 1.43 bits per heavy atom. The number of amides is 2. The van der Waals surface area contributed by atoms with Gasteiger partial charge in [0.15, 0.2) is 6.29 Å². The van der Waals surface area contributed by atoms with Crippen molar-refractivity contribution in [1.82, 2.24) is 10.6 Å². The molecule has 2 saturated heterocycles. The van der Waals surface area contributed by atoms with Crippen molar-refractivity contribution in [2.75, 3.05) is 6.61 Å². The number of nitrogens with one attached hydrogen (secondary N) is 2. The monoisotopic (exact) mass is 319 g/mol. The maximum absolute atomic E-state index is 12.0. The first kappa shape index (κ1) is 15.6. The molecule has 2 aliphatic heterocycles. The zero-order valence-electron chi connectivity index (χ0n) is 12.2. The smallest absolute Gasteiger partial charge is 0.315 e. The fourth-order valence-corrected chi connectivity index (χ4v) is 2.74. The van der Waals surface area contributed by atoms with Crippen molar-refractivity contribution in [3.8, 4) is 0 Å². The van der Waals surface area contributed by atoms with Crippen molar-refractivity contribution in [1.29, 1.82) is 0 Å². The highest BCUT2D eigenvalue weighted by atomic mass is 16.7. The third kappa shape index (κ3) is 3.38. The standard InChI is InChI=1S/C14H17N5O4/c15-19-18-10-9-7-22-13(23-9)11(12(10)20)17-14(21)16-6-8-4-2-1-3-5-8/h1-5,9-13,20H,6-7H2,(H2,16,17,21). The summed E-state index contributed by atoms with van der Waals surface area (Å²) < 4.78 is 10.9. The summed E-state index contributed by atoms with van der Waals surface area (Å²) in [5, 5.41) is 19.2. The minimum atomic E-state index is -1.07. The van der Waals surface area contributed by atoms with E-state index in [0.717, 1.165) is 5.56 Å². The van der Waals surface area contributed by atoms with Gasteiger partial charge >= 0.3 is 6.03 Å². The van der Waals surface area contributed by atoms with Gasteiger partial charge in [0, 0.05) is 11.5 Å². The van der Waals surface area contributed by atoms with Crippen LogP contribution in [0.25, 0.3) is 10.4 Å². The molecule has 122 valence electrons. The van der Waals surface area contributed by atoms with E-state index in [9.17, 15) is 9.90 Å². The van der Waals surface area contributed by atoms with Crippen LogP contribution in [0.5, 0.6) is 0 Å². The number of aliphatic hydroxyl groups excluding tert-OH is 1. The van der Waals surface area contributed by atoms with Gasteiger partial charge in [-0.25, -0.2) is 4.79 Å². The lowest BCUT2D eigenvalue weighted by molar-refractivity contribution is -0.144. The fraction of sp³-hybridized carbons (Fsp3) is 0.500. The Hall–Kier alpha value is -2.32. The van der Waals surface area contributed by atoms with Gasteiger partial charge in [0.2, 0.25) is 0 Å². The SMILES string of the molecule is [N-]=[N+]=NC1C2COC(O2)C(NC(=O)NCc2ccccc2)C1O. The number of urea groups is 1. The molecular formula is C14H17N5O4. The van der Waals surface area contributed by atoms with Crippen molar-refractivity contribution in [2.45, 2.75) is 37.1 Å². The molecule has 1 aromatic rings. The molecule has 23 heavy (non-hydrogen) atoms. The highest BCUT2D eigenvalue weighted by molar-refractivity contribution is 5.74. The molecule has 2 heterocycles. The second-order valence-electron chi connectivity index (χ2n) is 5.40. The van der Waals surface area contributed by atoms with E-state index < -0.39 is 36.6 Å². The molecule has 5 unspecified atom stereocenters. The number of fused-ring (bicyclic) bond motifs is 2. The lowest BCUT2D eigenvalue weighted by atomic mass is 9.97. The number of carbonyl (C=O) groups excluding carboxylic acids is 1. The Morgan fingerprint density at radius 3 is 2.96 bits per heavy atom. The number of azide groups is 1. The number of hydrogen-bond acceptors (Lipinski definition) is 5. The summed E-state index contributed by atoms with van der Waals surface area (Å²) in [7, 11) is 0. The third-order valence-corrected chi connectivity index (χ3v) is 3.90. The minimum absolute atomic E-state index is 0.217. The number of ether oxygens (including phenoxy) is 2. The van der Waals surface area contributed by atoms with E-state index >= 15 is 0 Å². The molecule has 0 saturated carbocycles. The molecule has 0 aromatic heterocycles. The van der Waals surface area contributed by atoms with Crippen LogP contribution in [0.3, 0.4) is 0 Å². The highest BCUT2D eigenvalue weighted by Crippen LogP contribution is 2.30. The predicted octanol–water partition coefficient (Wildman–Crippen LogP) is 0.649. The van der Waals surface area contributed by atoms with Crippen LogP contribution in [0, 0.1) is 0 Å². The van der Waals surface area contributed by atoms with Crippen molar-refractivity contribution < 1.29 is 19.4 Å². The Bertz CT molecular complexity index is 606. The summed E-state index contributed by atoms with van der Waals surface area (Å²) in [5.74, 6) is 0. The molecular weight excluding hydrogens is 302 g/mol. The lowest BCUT2D eigenvalue weighted by Gasteiger charge is -2.36. The Kier molecular flexibility index (Phi) is 4.63. The number of hydrogen-bond donors (Lipinski definition) is 3. The van der Waals surface area contributed by atoms with Gasteiger partial charge in [-0.1, -0.05) is 35.4 Å². The van der Waals surface area contributed by atoms with Crippen LogP contribution >= 0.6 is 0 Å². The predicted molar refractivity (Wildman–Crippen MR) is 79.2 cm³/mol. The number of rotatable bonds is 4. The first-order valence-electron chi connectivity index (χ1n) is 7.26. The summed E-state index contributed by atoms with van der Waals surface area (Å²) in [6.45, 7) is 0.569. The van der Waals surface area contributed by atoms with Crippen LogP contribution in [0.15, 0.2) is 35.4 Å². The van der Waals surface area contributed by atoms with E-state index in [1.54, 1.807) is 0 Å². The van der Waals surface area contributed by atoms with Crippen LogP contribution < -0.4 is 10.6 Å². The van der Waals surface area contributed by atoms with Gasteiger partial charge in [-0.3, -0.25) is 0 Å². The molecule has 1 aromatic carbocycles. The molecule has 0 radical (unpaired) electrons. The van der Waals surface area contributed by atoms with E-state index in [4.69, 9.17) is 15.0 Å². The molecule has 3 N–H and O–H groups in total. The summed E-state index contributed by atoms with van der Waals surface area (Å²) in [5.41, 5.74) is 9.54. The Labute approximate surface area is 132 Å². The largest absolute Gasteiger partial charge is 0.390 e.